The zero-order chi connectivity index (χ0) is 23.7. The first kappa shape index (κ1) is 22.5. The normalized spacial score (nSPS) is 20.8. The number of rotatable bonds is 5. The number of hydrogen-bond acceptors (Lipinski definition) is 2. The molecule has 1 aromatic heterocycles. The Morgan fingerprint density at radius 2 is 1.71 bits per heavy atom. The van der Waals surface area contributed by atoms with Crippen LogP contribution < -0.4 is 5.32 Å². The van der Waals surface area contributed by atoms with Crippen molar-refractivity contribution in [2.75, 3.05) is 0 Å². The van der Waals surface area contributed by atoms with Crippen molar-refractivity contribution >= 4 is 11.8 Å². The smallest absolute Gasteiger partial charge is 0.271 e. The predicted octanol–water partition coefficient (Wildman–Crippen LogP) is 5.33. The van der Waals surface area contributed by atoms with Gasteiger partial charge in [-0.3, -0.25) is 9.59 Å². The molecule has 1 atom stereocenters. The topological polar surface area (TPSA) is 54.3 Å². The molecule has 1 aliphatic carbocycles. The molecule has 0 bridgehead atoms. The number of carbonyl (C=O) groups excluding carboxylic acids is 2. The number of aryl methyl sites for hydroxylation is 1. The van der Waals surface area contributed by atoms with Gasteiger partial charge in [0.1, 0.15) is 11.2 Å². The Hall–Kier alpha value is -3.34. The molecule has 1 N–H and O–H groups in total. The highest BCUT2D eigenvalue weighted by molar-refractivity contribution is 6.00. The highest BCUT2D eigenvalue weighted by Crippen LogP contribution is 2.34. The summed E-state index contributed by atoms with van der Waals surface area (Å²) in [5, 5.41) is 3.31. The molecule has 0 saturated heterocycles. The maximum Gasteiger partial charge on any atom is 0.271 e. The van der Waals surface area contributed by atoms with Gasteiger partial charge in [0.25, 0.3) is 5.91 Å². The molecule has 1 saturated carbocycles. The van der Waals surface area contributed by atoms with Gasteiger partial charge in [-0.25, -0.2) is 0 Å². The van der Waals surface area contributed by atoms with Gasteiger partial charge in [0.2, 0.25) is 5.91 Å². The van der Waals surface area contributed by atoms with Crippen LogP contribution in [0.4, 0.5) is 0 Å². The number of fused-ring (bicyclic) bond motifs is 1. The lowest BCUT2D eigenvalue weighted by atomic mass is 9.91. The fourth-order valence-corrected chi connectivity index (χ4v) is 5.46. The minimum atomic E-state index is -0.992. The Morgan fingerprint density at radius 3 is 2.44 bits per heavy atom. The Bertz CT molecular complexity index is 1190. The Balaban J connectivity index is 1.54. The van der Waals surface area contributed by atoms with Crippen molar-refractivity contribution in [1.82, 2.24) is 14.8 Å². The van der Waals surface area contributed by atoms with Crippen LogP contribution in [-0.4, -0.2) is 32.9 Å². The summed E-state index contributed by atoms with van der Waals surface area (Å²) in [7, 11) is 0. The first-order valence-electron chi connectivity index (χ1n) is 12.4. The summed E-state index contributed by atoms with van der Waals surface area (Å²) in [6, 6.07) is 22.3. The summed E-state index contributed by atoms with van der Waals surface area (Å²) in [6.07, 6.45) is 5.55. The molecule has 34 heavy (non-hydrogen) atoms. The molecule has 176 valence electrons. The second kappa shape index (κ2) is 9.13. The van der Waals surface area contributed by atoms with Crippen molar-refractivity contribution in [3.63, 3.8) is 0 Å². The van der Waals surface area contributed by atoms with E-state index in [9.17, 15) is 9.59 Å². The minimum Gasteiger partial charge on any atom is -0.351 e. The third-order valence-corrected chi connectivity index (χ3v) is 7.43. The molecule has 0 radical (unpaired) electrons. The van der Waals surface area contributed by atoms with Crippen LogP contribution in [0.5, 0.6) is 0 Å². The average molecular weight is 456 g/mol. The number of carbonyl (C=O) groups is 2. The lowest BCUT2D eigenvalue weighted by molar-refractivity contribution is -0.134. The Morgan fingerprint density at radius 1 is 0.971 bits per heavy atom. The highest BCUT2D eigenvalue weighted by Gasteiger charge is 2.48. The van der Waals surface area contributed by atoms with Crippen molar-refractivity contribution in [2.24, 2.45) is 0 Å². The molecular formula is C29H33N3O2. The van der Waals surface area contributed by atoms with Crippen LogP contribution in [0.2, 0.25) is 0 Å². The van der Waals surface area contributed by atoms with E-state index < -0.39 is 5.54 Å². The molecule has 5 rings (SSSR count). The van der Waals surface area contributed by atoms with E-state index in [-0.39, 0.29) is 17.9 Å². The van der Waals surface area contributed by atoms with Gasteiger partial charge in [0, 0.05) is 18.3 Å². The van der Waals surface area contributed by atoms with Gasteiger partial charge in [0.05, 0.1) is 6.54 Å². The van der Waals surface area contributed by atoms with Crippen LogP contribution in [0.3, 0.4) is 0 Å². The third kappa shape index (κ3) is 4.15. The number of aromatic nitrogens is 1. The van der Waals surface area contributed by atoms with Crippen LogP contribution in [0.1, 0.15) is 60.6 Å². The van der Waals surface area contributed by atoms with Crippen molar-refractivity contribution < 1.29 is 9.59 Å². The standard InChI is InChI=1S/C29H33N3O2/c1-21-10-9-11-22(18-21)19-32-27(33)26-17-16-25(23-12-5-3-6-13-23)31(26)20-29(32,2)28(34)30-24-14-7-4-8-15-24/h3,5-6,9-13,16-18,24H,4,7-8,14-15,19-20H2,1-2H3,(H,30,34)/t29-/m1/s1. The van der Waals surface area contributed by atoms with Gasteiger partial charge >= 0.3 is 0 Å². The summed E-state index contributed by atoms with van der Waals surface area (Å²) in [6.45, 7) is 4.81. The van der Waals surface area contributed by atoms with Gasteiger partial charge in [-0.15, -0.1) is 0 Å². The molecule has 5 heteroatoms. The first-order chi connectivity index (χ1) is 16.5. The van der Waals surface area contributed by atoms with Crippen LogP contribution >= 0.6 is 0 Å². The molecule has 1 fully saturated rings. The van der Waals surface area contributed by atoms with E-state index in [1.807, 2.05) is 79.1 Å². The maximum atomic E-state index is 13.9. The quantitative estimate of drug-likeness (QED) is 0.566. The molecule has 2 aromatic carbocycles. The van der Waals surface area contributed by atoms with Crippen LogP contribution in [0, 0.1) is 6.92 Å². The largest absolute Gasteiger partial charge is 0.351 e. The molecule has 0 spiro atoms. The Labute approximate surface area is 201 Å². The SMILES string of the molecule is Cc1cccc(CN2C(=O)c3ccc(-c4ccccc4)n3C[C@]2(C)C(=O)NC2CCCCC2)c1. The van der Waals surface area contributed by atoms with Gasteiger partial charge in [-0.1, -0.05) is 79.4 Å². The van der Waals surface area contributed by atoms with Crippen molar-refractivity contribution in [3.05, 3.63) is 83.6 Å². The van der Waals surface area contributed by atoms with E-state index >= 15 is 0 Å². The molecular weight excluding hydrogens is 422 g/mol. The second-order valence-corrected chi connectivity index (χ2v) is 10.0. The molecule has 0 unspecified atom stereocenters. The second-order valence-electron chi connectivity index (χ2n) is 10.0. The van der Waals surface area contributed by atoms with E-state index in [1.165, 1.54) is 6.42 Å². The molecule has 2 aliphatic rings. The summed E-state index contributed by atoms with van der Waals surface area (Å²) in [5.74, 6) is -0.157. The van der Waals surface area contributed by atoms with Crippen molar-refractivity contribution in [2.45, 2.75) is 70.6 Å². The zero-order valence-corrected chi connectivity index (χ0v) is 20.1. The van der Waals surface area contributed by atoms with E-state index in [2.05, 4.69) is 11.4 Å². The number of amides is 2. The first-order valence-corrected chi connectivity index (χ1v) is 12.4. The van der Waals surface area contributed by atoms with E-state index in [4.69, 9.17) is 0 Å². The fraction of sp³-hybridized carbons (Fsp3) is 0.379. The number of nitrogens with zero attached hydrogens (tertiary/aromatic N) is 2. The van der Waals surface area contributed by atoms with Gasteiger partial charge in [-0.2, -0.15) is 0 Å². The third-order valence-electron chi connectivity index (χ3n) is 7.43. The average Bonchev–Trinajstić information content (AvgIpc) is 3.26. The van der Waals surface area contributed by atoms with E-state index in [0.29, 0.717) is 18.8 Å². The van der Waals surface area contributed by atoms with Gasteiger partial charge in [-0.05, 0) is 49.9 Å². The van der Waals surface area contributed by atoms with E-state index in [0.717, 1.165) is 48.1 Å². The fourth-order valence-electron chi connectivity index (χ4n) is 5.46. The Kier molecular flexibility index (Phi) is 6.03. The summed E-state index contributed by atoms with van der Waals surface area (Å²) in [5.41, 5.74) is 3.83. The summed E-state index contributed by atoms with van der Waals surface area (Å²) in [4.78, 5) is 29.5. The number of nitrogens with one attached hydrogen (secondary N) is 1. The summed E-state index contributed by atoms with van der Waals surface area (Å²) < 4.78 is 2.03. The lowest BCUT2D eigenvalue weighted by Gasteiger charge is -2.45. The highest BCUT2D eigenvalue weighted by atomic mass is 16.2. The predicted molar refractivity (Wildman–Crippen MR) is 134 cm³/mol. The molecule has 5 nitrogen and oxygen atoms in total. The van der Waals surface area contributed by atoms with Gasteiger partial charge in [0.15, 0.2) is 0 Å². The molecule has 1 aliphatic heterocycles. The molecule has 2 heterocycles. The zero-order valence-electron chi connectivity index (χ0n) is 20.1. The molecule has 2 amide bonds. The number of benzene rings is 2. The monoisotopic (exact) mass is 455 g/mol. The van der Waals surface area contributed by atoms with Crippen LogP contribution in [-0.2, 0) is 17.9 Å². The number of hydrogen-bond donors (Lipinski definition) is 1. The minimum absolute atomic E-state index is 0.0567. The van der Waals surface area contributed by atoms with Crippen molar-refractivity contribution in [3.8, 4) is 11.3 Å². The lowest BCUT2D eigenvalue weighted by Crippen LogP contribution is -2.64. The van der Waals surface area contributed by atoms with Gasteiger partial charge < -0.3 is 14.8 Å². The maximum absolute atomic E-state index is 13.9. The summed E-state index contributed by atoms with van der Waals surface area (Å²) >= 11 is 0. The van der Waals surface area contributed by atoms with E-state index in [1.54, 1.807) is 4.90 Å². The van der Waals surface area contributed by atoms with Crippen LogP contribution in [0.15, 0.2) is 66.7 Å². The van der Waals surface area contributed by atoms with Crippen molar-refractivity contribution in [1.29, 1.82) is 0 Å². The molecule has 3 aromatic rings. The van der Waals surface area contributed by atoms with Crippen LogP contribution in [0.25, 0.3) is 11.3 Å².